The third kappa shape index (κ3) is 8.49. The predicted molar refractivity (Wildman–Crippen MR) is 276 cm³/mol. The number of hydrogen-bond acceptors (Lipinski definition) is 11. The van der Waals surface area contributed by atoms with Crippen molar-refractivity contribution in [3.05, 3.63) is 254 Å². The van der Waals surface area contributed by atoms with Crippen molar-refractivity contribution in [2.24, 2.45) is 5.16 Å². The fourth-order valence-corrected chi connectivity index (χ4v) is 12.3. The zero-order valence-electron chi connectivity index (χ0n) is 37.7. The Labute approximate surface area is 417 Å². The maximum absolute atomic E-state index is 15.1. The number of oxime groups is 1. The fraction of sp³-hybridized carbons (Fsp3) is 0.125. The molecule has 0 aliphatic carbocycles. The first-order valence-corrected chi connectivity index (χ1v) is 25.3. The lowest BCUT2D eigenvalue weighted by Crippen LogP contribution is -2.71. The summed E-state index contributed by atoms with van der Waals surface area (Å²) >= 11 is 4.13. The first-order valence-electron chi connectivity index (χ1n) is 22.4. The number of aromatic nitrogens is 1. The number of hydrogen-bond donors (Lipinski definition) is 3. The molecule has 6 aromatic carbocycles. The Morgan fingerprint density at radius 1 is 0.714 bits per heavy atom. The van der Waals surface area contributed by atoms with Crippen molar-refractivity contribution in [2.75, 3.05) is 18.2 Å². The SMILES string of the molecule is COCc1sccc1C1=C(C(=O)O)N2C(=O)[C@@H](NC(=O)C(=NOC(c3ccccc3)(c3ccccc3)c3ccccc3)c3csc(NC(c4ccccc4)(c4ccccc4)c4ccccc4)n3)[C@@H]2SC1. The third-order valence-electron chi connectivity index (χ3n) is 12.5. The maximum Gasteiger partial charge on any atom is 0.352 e. The zero-order valence-corrected chi connectivity index (χ0v) is 40.1. The van der Waals surface area contributed by atoms with Crippen LogP contribution in [0.5, 0.6) is 0 Å². The minimum Gasteiger partial charge on any atom is -0.477 e. The zero-order chi connectivity index (χ0) is 48.1. The molecule has 2 aliphatic heterocycles. The molecule has 348 valence electrons. The van der Waals surface area contributed by atoms with Gasteiger partial charge in [-0.3, -0.25) is 14.5 Å². The Balaban J connectivity index is 1.08. The average Bonchev–Trinajstić information content (AvgIpc) is 4.09. The van der Waals surface area contributed by atoms with Crippen molar-refractivity contribution in [3.8, 4) is 0 Å². The average molecular weight is 980 g/mol. The maximum atomic E-state index is 15.1. The summed E-state index contributed by atoms with van der Waals surface area (Å²) in [5.41, 5.74) is 3.98. The Hall–Kier alpha value is -7.62. The molecule has 11 nitrogen and oxygen atoms in total. The van der Waals surface area contributed by atoms with E-state index >= 15 is 4.79 Å². The predicted octanol–water partition coefficient (Wildman–Crippen LogP) is 10.4. The highest BCUT2D eigenvalue weighted by atomic mass is 32.2. The quantitative estimate of drug-likeness (QED) is 0.0352. The van der Waals surface area contributed by atoms with Crippen LogP contribution in [-0.2, 0) is 41.7 Å². The molecule has 0 radical (unpaired) electrons. The van der Waals surface area contributed by atoms with Crippen molar-refractivity contribution in [2.45, 2.75) is 29.2 Å². The number of carboxylic acid groups (broad SMARTS) is 1. The van der Waals surface area contributed by atoms with E-state index in [1.165, 1.54) is 39.3 Å². The van der Waals surface area contributed by atoms with Gasteiger partial charge in [-0.2, -0.15) is 0 Å². The Bertz CT molecular complexity index is 2990. The second-order valence-corrected chi connectivity index (χ2v) is 19.5. The lowest BCUT2D eigenvalue weighted by molar-refractivity contribution is -0.149. The summed E-state index contributed by atoms with van der Waals surface area (Å²) in [6.45, 7) is 0.300. The number of thiophene rings is 1. The van der Waals surface area contributed by atoms with E-state index in [1.807, 2.05) is 157 Å². The van der Waals surface area contributed by atoms with Gasteiger partial charge in [-0.05, 0) is 33.7 Å². The van der Waals surface area contributed by atoms with Gasteiger partial charge in [-0.1, -0.05) is 187 Å². The Kier molecular flexibility index (Phi) is 13.3. The summed E-state index contributed by atoms with van der Waals surface area (Å²) in [4.78, 5) is 56.5. The third-order valence-corrected chi connectivity index (χ3v) is 15.4. The highest BCUT2D eigenvalue weighted by Crippen LogP contribution is 2.46. The highest BCUT2D eigenvalue weighted by molar-refractivity contribution is 8.00. The molecule has 1 fully saturated rings. The number of benzene rings is 6. The number of methoxy groups -OCH3 is 1. The van der Waals surface area contributed by atoms with Gasteiger partial charge >= 0.3 is 5.97 Å². The second-order valence-electron chi connectivity index (χ2n) is 16.5. The number of aliphatic carboxylic acids is 1. The lowest BCUT2D eigenvalue weighted by Gasteiger charge is -2.49. The molecule has 0 bridgehead atoms. The summed E-state index contributed by atoms with van der Waals surface area (Å²) in [5, 5.41) is 25.5. The molecule has 0 saturated carbocycles. The van der Waals surface area contributed by atoms with Gasteiger partial charge in [0.25, 0.3) is 11.8 Å². The van der Waals surface area contributed by atoms with Crippen LogP contribution in [0.25, 0.3) is 5.57 Å². The topological polar surface area (TPSA) is 142 Å². The molecule has 0 unspecified atom stereocenters. The first-order chi connectivity index (χ1) is 34.3. The van der Waals surface area contributed by atoms with Crippen LogP contribution in [0.1, 0.15) is 49.5 Å². The van der Waals surface area contributed by atoms with Crippen LogP contribution in [0.4, 0.5) is 5.13 Å². The number of ether oxygens (including phenoxy) is 1. The van der Waals surface area contributed by atoms with Gasteiger partial charge in [0.1, 0.15) is 28.3 Å². The van der Waals surface area contributed by atoms with Gasteiger partial charge < -0.3 is 25.3 Å². The number of nitrogens with zero attached hydrogens (tertiary/aromatic N) is 3. The minimum absolute atomic E-state index is 0.112. The largest absolute Gasteiger partial charge is 0.477 e. The highest BCUT2D eigenvalue weighted by Gasteiger charge is 2.55. The van der Waals surface area contributed by atoms with Gasteiger partial charge in [-0.25, -0.2) is 9.78 Å². The number of β-lactam (4-membered cyclic amide) rings is 1. The first kappa shape index (κ1) is 46.1. The summed E-state index contributed by atoms with van der Waals surface area (Å²) in [6.07, 6.45) is 0. The van der Waals surface area contributed by atoms with Gasteiger partial charge in [0.15, 0.2) is 10.8 Å². The van der Waals surface area contributed by atoms with E-state index in [0.717, 1.165) is 43.8 Å². The molecular formula is C56H45N5O6S3. The van der Waals surface area contributed by atoms with Crippen LogP contribution in [0.2, 0.25) is 0 Å². The molecule has 3 N–H and O–H groups in total. The number of anilines is 1. The number of amides is 2. The van der Waals surface area contributed by atoms with Crippen LogP contribution >= 0.6 is 34.4 Å². The number of carboxylic acids is 1. The number of thioether (sulfide) groups is 1. The Morgan fingerprint density at radius 3 is 1.67 bits per heavy atom. The van der Waals surface area contributed by atoms with E-state index < -0.39 is 40.3 Å². The minimum atomic E-state index is -1.36. The van der Waals surface area contributed by atoms with E-state index in [4.69, 9.17) is 19.7 Å². The van der Waals surface area contributed by atoms with E-state index in [2.05, 4.69) is 47.0 Å². The van der Waals surface area contributed by atoms with Gasteiger partial charge in [-0.15, -0.1) is 34.4 Å². The molecule has 1 saturated heterocycles. The molecule has 0 spiro atoms. The van der Waals surface area contributed by atoms with Gasteiger partial charge in [0.2, 0.25) is 5.60 Å². The smallest absolute Gasteiger partial charge is 0.352 e. The summed E-state index contributed by atoms with van der Waals surface area (Å²) < 4.78 is 5.39. The lowest BCUT2D eigenvalue weighted by atomic mass is 9.77. The van der Waals surface area contributed by atoms with Crippen LogP contribution in [0.3, 0.4) is 0 Å². The normalized spacial score (nSPS) is 16.0. The molecule has 70 heavy (non-hydrogen) atoms. The molecule has 2 aliphatic rings. The number of rotatable bonds is 17. The Morgan fingerprint density at radius 2 is 1.20 bits per heavy atom. The summed E-state index contributed by atoms with van der Waals surface area (Å²) in [6, 6.07) is 60.1. The van der Waals surface area contributed by atoms with Crippen LogP contribution in [0, 0.1) is 0 Å². The van der Waals surface area contributed by atoms with Crippen LogP contribution in [0.15, 0.2) is 210 Å². The number of carbonyl (C=O) groups excluding carboxylic acids is 2. The van der Waals surface area contributed by atoms with Crippen LogP contribution < -0.4 is 10.6 Å². The van der Waals surface area contributed by atoms with E-state index in [0.29, 0.717) is 23.1 Å². The van der Waals surface area contributed by atoms with Crippen molar-refractivity contribution in [3.63, 3.8) is 0 Å². The van der Waals surface area contributed by atoms with E-state index in [1.54, 1.807) is 12.5 Å². The molecule has 2 aromatic heterocycles. The molecular weight excluding hydrogens is 935 g/mol. The molecule has 14 heteroatoms. The molecule has 4 heterocycles. The number of thiazole rings is 1. The monoisotopic (exact) mass is 979 g/mol. The molecule has 2 atom stereocenters. The van der Waals surface area contributed by atoms with Crippen molar-refractivity contribution in [1.82, 2.24) is 15.2 Å². The van der Waals surface area contributed by atoms with Crippen molar-refractivity contribution < 1.29 is 29.1 Å². The van der Waals surface area contributed by atoms with Crippen LogP contribution in [-0.4, -0.2) is 62.8 Å². The number of carbonyl (C=O) groups is 3. The van der Waals surface area contributed by atoms with Crippen molar-refractivity contribution in [1.29, 1.82) is 0 Å². The van der Waals surface area contributed by atoms with E-state index in [-0.39, 0.29) is 17.1 Å². The molecule has 2 amide bonds. The standard InChI is InChI=1S/C56H45N5O6S3/c1-66-34-46-43(32-33-68-46)44-35-69-52-48(51(63)61(52)49(44)53(64)65)58-50(62)47(60-67-56(40-26-14-5-15-27-40,41-28-16-6-17-29-41)42-30-18-7-19-31-42)45-36-70-54(57-45)59-55(37-20-8-2-9-21-37,38-22-10-3-11-23-38)39-24-12-4-13-25-39/h2-33,36,48,52H,34-35H2,1H3,(H,57,59)(H,58,62)(H,64,65)/t48-,52+/m1/s1. The number of fused-ring (bicyclic) bond motifs is 1. The van der Waals surface area contributed by atoms with Gasteiger partial charge in [0.05, 0.1) is 6.61 Å². The number of nitrogens with one attached hydrogen (secondary N) is 2. The summed E-state index contributed by atoms with van der Waals surface area (Å²) in [7, 11) is 1.58. The van der Waals surface area contributed by atoms with E-state index in [9.17, 15) is 14.7 Å². The van der Waals surface area contributed by atoms with Gasteiger partial charge in [0, 0.05) is 45.4 Å². The molecule has 10 rings (SSSR count). The fourth-order valence-electron chi connectivity index (χ4n) is 9.26. The summed E-state index contributed by atoms with van der Waals surface area (Å²) in [5.74, 6) is -2.23. The second kappa shape index (κ2) is 20.2. The van der Waals surface area contributed by atoms with Crippen molar-refractivity contribution >= 4 is 68.6 Å². The molecule has 8 aromatic rings.